The van der Waals surface area contributed by atoms with E-state index >= 15 is 0 Å². The molecule has 2 rings (SSSR count). The summed E-state index contributed by atoms with van der Waals surface area (Å²) in [5.74, 6) is -1.08. The van der Waals surface area contributed by atoms with Gasteiger partial charge < -0.3 is 0 Å². The fourth-order valence-corrected chi connectivity index (χ4v) is 2.18. The number of carbonyl (C=O) groups excluding carboxylic acids is 2. The highest BCUT2D eigenvalue weighted by Crippen LogP contribution is 2.01. The molecule has 0 aliphatic heterocycles. The van der Waals surface area contributed by atoms with E-state index in [1.165, 1.54) is 22.8 Å². The zero-order valence-corrected chi connectivity index (χ0v) is 10.8. The maximum Gasteiger partial charge on any atom is 0.262 e. The molecule has 4 nitrogen and oxygen atoms in total. The molecule has 0 aliphatic rings. The Morgan fingerprint density at radius 2 is 1.84 bits per heavy atom. The average Bonchev–Trinajstić information content (AvgIpc) is 2.40. The molecule has 19 heavy (non-hydrogen) atoms. The van der Waals surface area contributed by atoms with Gasteiger partial charge >= 0.3 is 0 Å². The van der Waals surface area contributed by atoms with Crippen molar-refractivity contribution in [3.63, 3.8) is 0 Å². The molecule has 1 N–H and O–H groups in total. The van der Waals surface area contributed by atoms with Gasteiger partial charge in [-0.3, -0.25) is 19.7 Å². The Labute approximate surface area is 113 Å². The van der Waals surface area contributed by atoms with Crippen molar-refractivity contribution in [1.82, 2.24) is 5.32 Å². The summed E-state index contributed by atoms with van der Waals surface area (Å²) in [7, 11) is 0. The molecule has 2 aromatic rings. The van der Waals surface area contributed by atoms with E-state index in [4.69, 9.17) is 0 Å². The minimum Gasteiger partial charge on any atom is -0.292 e. The van der Waals surface area contributed by atoms with E-state index in [-0.39, 0.29) is 17.4 Å². The van der Waals surface area contributed by atoms with Crippen molar-refractivity contribution < 1.29 is 9.59 Å². The summed E-state index contributed by atoms with van der Waals surface area (Å²) in [6, 6.07) is 10.4. The smallest absolute Gasteiger partial charge is 0.262 e. The Hall–Kier alpha value is -2.27. The Morgan fingerprint density at radius 1 is 1.11 bits per heavy atom. The normalized spacial score (nSPS) is 9.89. The maximum atomic E-state index is 11.7. The molecule has 0 fully saturated rings. The van der Waals surface area contributed by atoms with Crippen LogP contribution in [-0.4, -0.2) is 11.8 Å². The fraction of sp³-hybridized carbons (Fsp3) is 0.0714. The van der Waals surface area contributed by atoms with Crippen molar-refractivity contribution >= 4 is 23.2 Å². The lowest BCUT2D eigenvalue weighted by Gasteiger charge is -2.03. The number of hydrogen-bond donors (Lipinski definition) is 1. The largest absolute Gasteiger partial charge is 0.292 e. The summed E-state index contributed by atoms with van der Waals surface area (Å²) in [6.45, 7) is 0. The standard InChI is InChI=1S/C14H11NO3S/c16-12-6-7-19-9-11(12)14(18)15-13(17)8-10-4-2-1-3-5-10/h1-7,9H,8H2,(H,15,17,18). The van der Waals surface area contributed by atoms with Gasteiger partial charge in [0, 0.05) is 5.38 Å². The summed E-state index contributed by atoms with van der Waals surface area (Å²) < 4.78 is 0. The molecule has 96 valence electrons. The minimum absolute atomic E-state index is 0.00564. The third-order valence-corrected chi connectivity index (χ3v) is 3.12. The predicted molar refractivity (Wildman–Crippen MR) is 73.2 cm³/mol. The van der Waals surface area contributed by atoms with Crippen LogP contribution in [0.4, 0.5) is 0 Å². The summed E-state index contributed by atoms with van der Waals surface area (Å²) in [6.07, 6.45) is 0.108. The van der Waals surface area contributed by atoms with Crippen molar-refractivity contribution in [3.05, 3.63) is 68.5 Å². The van der Waals surface area contributed by atoms with E-state index in [9.17, 15) is 14.4 Å². The second-order valence-electron chi connectivity index (χ2n) is 3.87. The zero-order chi connectivity index (χ0) is 13.7. The van der Waals surface area contributed by atoms with E-state index in [0.29, 0.717) is 0 Å². The Kier molecular flexibility index (Phi) is 4.20. The van der Waals surface area contributed by atoms with E-state index < -0.39 is 11.8 Å². The van der Waals surface area contributed by atoms with Crippen molar-refractivity contribution in [1.29, 1.82) is 0 Å². The van der Waals surface area contributed by atoms with Gasteiger partial charge in [-0.15, -0.1) is 0 Å². The summed E-state index contributed by atoms with van der Waals surface area (Å²) in [4.78, 5) is 34.9. The molecule has 2 amide bonds. The predicted octanol–water partition coefficient (Wildman–Crippen LogP) is 1.61. The molecule has 1 heterocycles. The van der Waals surface area contributed by atoms with Gasteiger partial charge in [0.25, 0.3) is 5.91 Å². The molecular weight excluding hydrogens is 262 g/mol. The number of carbonyl (C=O) groups is 2. The molecule has 0 spiro atoms. The van der Waals surface area contributed by atoms with Crippen LogP contribution in [0.2, 0.25) is 0 Å². The van der Waals surface area contributed by atoms with Crippen molar-refractivity contribution in [2.75, 3.05) is 0 Å². The van der Waals surface area contributed by atoms with E-state index in [1.54, 1.807) is 17.5 Å². The summed E-state index contributed by atoms with van der Waals surface area (Å²) in [5, 5.41) is 5.24. The third-order valence-electron chi connectivity index (χ3n) is 2.45. The van der Waals surface area contributed by atoms with Crippen LogP contribution in [0, 0.1) is 0 Å². The lowest BCUT2D eigenvalue weighted by Crippen LogP contribution is -2.34. The van der Waals surface area contributed by atoms with Gasteiger partial charge in [-0.1, -0.05) is 30.3 Å². The second kappa shape index (κ2) is 6.06. The van der Waals surface area contributed by atoms with Crippen LogP contribution < -0.4 is 10.7 Å². The molecular formula is C14H11NO3S. The number of rotatable bonds is 3. The Morgan fingerprint density at radius 3 is 2.53 bits per heavy atom. The van der Waals surface area contributed by atoms with Gasteiger partial charge in [0.05, 0.1) is 12.0 Å². The zero-order valence-electron chi connectivity index (χ0n) is 9.96. The Balaban J connectivity index is 2.02. The first-order valence-corrected chi connectivity index (χ1v) is 6.56. The van der Waals surface area contributed by atoms with Crippen LogP contribution in [0.3, 0.4) is 0 Å². The number of imide groups is 1. The first-order valence-electron chi connectivity index (χ1n) is 5.61. The van der Waals surface area contributed by atoms with Crippen molar-refractivity contribution in [2.24, 2.45) is 0 Å². The van der Waals surface area contributed by atoms with Gasteiger partial charge in [-0.2, -0.15) is 11.3 Å². The summed E-state index contributed by atoms with van der Waals surface area (Å²) in [5.41, 5.74) is 0.420. The minimum atomic E-state index is -0.650. The highest BCUT2D eigenvalue weighted by Gasteiger charge is 2.13. The maximum absolute atomic E-state index is 11.7. The number of benzene rings is 1. The molecule has 0 unspecified atom stereocenters. The summed E-state index contributed by atoms with van der Waals surface area (Å²) >= 11 is 1.23. The van der Waals surface area contributed by atoms with Gasteiger partial charge in [-0.25, -0.2) is 0 Å². The molecule has 1 aromatic heterocycles. The first-order chi connectivity index (χ1) is 9.16. The molecule has 0 atom stereocenters. The van der Waals surface area contributed by atoms with E-state index in [2.05, 4.69) is 5.32 Å². The van der Waals surface area contributed by atoms with Crippen LogP contribution >= 0.6 is 11.3 Å². The highest BCUT2D eigenvalue weighted by atomic mass is 32.1. The number of amides is 2. The van der Waals surface area contributed by atoms with Crippen LogP contribution in [0.25, 0.3) is 0 Å². The average molecular weight is 273 g/mol. The SMILES string of the molecule is O=C(Cc1ccccc1)NC(=O)c1csccc1=O. The van der Waals surface area contributed by atoms with Crippen LogP contribution in [-0.2, 0) is 11.2 Å². The third kappa shape index (κ3) is 3.59. The lowest BCUT2D eigenvalue weighted by molar-refractivity contribution is -0.119. The molecule has 0 saturated carbocycles. The van der Waals surface area contributed by atoms with Crippen molar-refractivity contribution in [3.8, 4) is 0 Å². The second-order valence-corrected chi connectivity index (χ2v) is 4.65. The fourth-order valence-electron chi connectivity index (χ4n) is 1.54. The first kappa shape index (κ1) is 13.2. The monoisotopic (exact) mass is 273 g/mol. The van der Waals surface area contributed by atoms with Crippen LogP contribution in [0.15, 0.2) is 52.0 Å². The Bertz CT molecular complexity index is 649. The molecule has 0 aliphatic carbocycles. The molecule has 1 aromatic carbocycles. The van der Waals surface area contributed by atoms with Gasteiger partial charge in [0.1, 0.15) is 0 Å². The molecule has 5 heteroatoms. The highest BCUT2D eigenvalue weighted by molar-refractivity contribution is 7.07. The van der Waals surface area contributed by atoms with Crippen molar-refractivity contribution in [2.45, 2.75) is 6.42 Å². The number of hydrogen-bond acceptors (Lipinski definition) is 4. The quantitative estimate of drug-likeness (QED) is 0.924. The topological polar surface area (TPSA) is 63.2 Å². The van der Waals surface area contributed by atoms with E-state index in [1.807, 2.05) is 18.2 Å². The van der Waals surface area contributed by atoms with Gasteiger partial charge in [-0.05, 0) is 17.0 Å². The van der Waals surface area contributed by atoms with Gasteiger partial charge in [0.15, 0.2) is 5.43 Å². The lowest BCUT2D eigenvalue weighted by atomic mass is 10.1. The molecule has 0 saturated heterocycles. The van der Waals surface area contributed by atoms with E-state index in [0.717, 1.165) is 5.56 Å². The molecule has 0 bridgehead atoms. The van der Waals surface area contributed by atoms with Crippen LogP contribution in [0.1, 0.15) is 15.9 Å². The molecule has 0 radical (unpaired) electrons. The van der Waals surface area contributed by atoms with Gasteiger partial charge in [0.2, 0.25) is 5.91 Å². The van der Waals surface area contributed by atoms with Crippen LogP contribution in [0.5, 0.6) is 0 Å². The number of nitrogens with one attached hydrogen (secondary N) is 1.